The summed E-state index contributed by atoms with van der Waals surface area (Å²) >= 11 is 0. The van der Waals surface area contributed by atoms with Crippen molar-refractivity contribution in [2.45, 2.75) is 70.6 Å². The number of aliphatic hydroxyl groups excluding tert-OH is 1. The van der Waals surface area contributed by atoms with Crippen molar-refractivity contribution in [3.8, 4) is 0 Å². The number of likely N-dealkylation sites (N-methyl/N-ethyl adjacent to an activating group) is 1. The number of aliphatic hydroxyl groups is 1. The van der Waals surface area contributed by atoms with E-state index in [0.29, 0.717) is 6.42 Å². The van der Waals surface area contributed by atoms with Crippen molar-refractivity contribution in [3.05, 3.63) is 12.2 Å². The Hall–Kier alpha value is -0.940. The Morgan fingerprint density at radius 1 is 1.38 bits per heavy atom. The minimum absolute atomic E-state index is 0.125. The van der Waals surface area contributed by atoms with Crippen LogP contribution in [-0.4, -0.2) is 50.5 Å². The van der Waals surface area contributed by atoms with E-state index >= 15 is 0 Å². The first kappa shape index (κ1) is 16.4. The first-order chi connectivity index (χ1) is 9.86. The van der Waals surface area contributed by atoms with Gasteiger partial charge >= 0.3 is 0 Å². The van der Waals surface area contributed by atoms with Gasteiger partial charge in [-0.05, 0) is 59.5 Å². The fourth-order valence-electron chi connectivity index (χ4n) is 3.55. The Labute approximate surface area is 128 Å². The molecule has 1 fully saturated rings. The van der Waals surface area contributed by atoms with E-state index in [1.807, 2.05) is 4.68 Å². The predicted octanol–water partition coefficient (Wildman–Crippen LogP) is 2.27. The molecule has 1 atom stereocenters. The summed E-state index contributed by atoms with van der Waals surface area (Å²) in [5, 5.41) is 15.2. The minimum atomic E-state index is -0.401. The normalized spacial score (nSPS) is 28.3. The standard InChI is InChI=1S/C16H30N4O/c1-12(2)20-15(17-11-18-20)10-14(21)16(19(4)5)8-6-13(3)7-9-16/h11-14,21H,6-10H2,1-5H3. The van der Waals surface area contributed by atoms with Crippen molar-refractivity contribution in [3.63, 3.8) is 0 Å². The summed E-state index contributed by atoms with van der Waals surface area (Å²) in [6.45, 7) is 6.49. The molecule has 0 aliphatic heterocycles. The van der Waals surface area contributed by atoms with Crippen LogP contribution in [0.1, 0.15) is 58.3 Å². The van der Waals surface area contributed by atoms with Crippen molar-refractivity contribution in [1.29, 1.82) is 0 Å². The topological polar surface area (TPSA) is 54.2 Å². The van der Waals surface area contributed by atoms with Crippen LogP contribution in [0.25, 0.3) is 0 Å². The molecule has 0 spiro atoms. The van der Waals surface area contributed by atoms with Crippen LogP contribution in [0, 0.1) is 5.92 Å². The van der Waals surface area contributed by atoms with Crippen molar-refractivity contribution in [2.75, 3.05) is 14.1 Å². The summed E-state index contributed by atoms with van der Waals surface area (Å²) in [7, 11) is 4.18. The summed E-state index contributed by atoms with van der Waals surface area (Å²) in [5.41, 5.74) is -0.125. The quantitative estimate of drug-likeness (QED) is 0.905. The largest absolute Gasteiger partial charge is 0.391 e. The van der Waals surface area contributed by atoms with Gasteiger partial charge in [-0.2, -0.15) is 5.10 Å². The second-order valence-corrected chi connectivity index (χ2v) is 7.12. The molecule has 5 heteroatoms. The lowest BCUT2D eigenvalue weighted by molar-refractivity contribution is -0.0395. The van der Waals surface area contributed by atoms with Gasteiger partial charge < -0.3 is 10.0 Å². The molecule has 1 saturated carbocycles. The van der Waals surface area contributed by atoms with Crippen molar-refractivity contribution in [2.24, 2.45) is 5.92 Å². The van der Waals surface area contributed by atoms with Crippen LogP contribution in [0.15, 0.2) is 6.33 Å². The van der Waals surface area contributed by atoms with Gasteiger partial charge in [0.05, 0.1) is 6.10 Å². The summed E-state index contributed by atoms with van der Waals surface area (Å²) in [6, 6.07) is 0.274. The molecule has 0 radical (unpaired) electrons. The van der Waals surface area contributed by atoms with Gasteiger partial charge in [0, 0.05) is 18.0 Å². The molecule has 1 unspecified atom stereocenters. The van der Waals surface area contributed by atoms with Gasteiger partial charge in [-0.25, -0.2) is 9.67 Å². The molecule has 1 aliphatic rings. The van der Waals surface area contributed by atoms with Crippen LogP contribution in [0.2, 0.25) is 0 Å². The fraction of sp³-hybridized carbons (Fsp3) is 0.875. The number of rotatable bonds is 5. The SMILES string of the molecule is CC1CCC(C(O)Cc2ncnn2C(C)C)(N(C)C)CC1. The smallest absolute Gasteiger partial charge is 0.138 e. The third-order valence-corrected chi connectivity index (χ3v) is 5.16. The zero-order valence-electron chi connectivity index (χ0n) is 14.1. The molecular formula is C16H30N4O. The highest BCUT2D eigenvalue weighted by molar-refractivity contribution is 5.02. The number of nitrogens with zero attached hydrogens (tertiary/aromatic N) is 4. The van der Waals surface area contributed by atoms with E-state index in [-0.39, 0.29) is 11.6 Å². The molecule has 0 aromatic carbocycles. The maximum atomic E-state index is 10.9. The minimum Gasteiger partial charge on any atom is -0.391 e. The van der Waals surface area contributed by atoms with E-state index in [2.05, 4.69) is 49.8 Å². The monoisotopic (exact) mass is 294 g/mol. The molecular weight excluding hydrogens is 264 g/mol. The molecule has 0 amide bonds. The third kappa shape index (κ3) is 3.29. The number of hydrogen-bond acceptors (Lipinski definition) is 4. The summed E-state index contributed by atoms with van der Waals surface area (Å²) in [6.07, 6.45) is 6.24. The highest BCUT2D eigenvalue weighted by atomic mass is 16.3. The lowest BCUT2D eigenvalue weighted by atomic mass is 9.72. The Kier molecular flexibility index (Phi) is 5.04. The van der Waals surface area contributed by atoms with Crippen molar-refractivity contribution < 1.29 is 5.11 Å². The zero-order valence-corrected chi connectivity index (χ0v) is 14.1. The van der Waals surface area contributed by atoms with Crippen LogP contribution in [-0.2, 0) is 6.42 Å². The Bertz CT molecular complexity index is 447. The van der Waals surface area contributed by atoms with E-state index in [1.54, 1.807) is 6.33 Å². The van der Waals surface area contributed by atoms with Crippen molar-refractivity contribution in [1.82, 2.24) is 19.7 Å². The Balaban J connectivity index is 2.16. The number of hydrogen-bond donors (Lipinski definition) is 1. The van der Waals surface area contributed by atoms with Gasteiger partial charge in [0.2, 0.25) is 0 Å². The van der Waals surface area contributed by atoms with Crippen molar-refractivity contribution >= 4 is 0 Å². The van der Waals surface area contributed by atoms with Gasteiger partial charge in [0.1, 0.15) is 12.2 Å². The molecule has 0 saturated heterocycles. The fourth-order valence-corrected chi connectivity index (χ4v) is 3.55. The average Bonchev–Trinajstić information content (AvgIpc) is 2.87. The summed E-state index contributed by atoms with van der Waals surface area (Å²) in [5.74, 6) is 1.65. The van der Waals surface area contributed by atoms with E-state index in [0.717, 1.165) is 24.6 Å². The van der Waals surface area contributed by atoms with Gasteiger partial charge in [0.25, 0.3) is 0 Å². The van der Waals surface area contributed by atoms with Gasteiger partial charge in [0.15, 0.2) is 0 Å². The van der Waals surface area contributed by atoms with Crippen LogP contribution in [0.4, 0.5) is 0 Å². The molecule has 1 heterocycles. The Morgan fingerprint density at radius 2 is 2.00 bits per heavy atom. The molecule has 1 aromatic heterocycles. The molecule has 120 valence electrons. The van der Waals surface area contributed by atoms with E-state index in [4.69, 9.17) is 0 Å². The molecule has 2 rings (SSSR count). The lowest BCUT2D eigenvalue weighted by Gasteiger charge is -2.47. The van der Waals surface area contributed by atoms with Crippen LogP contribution >= 0.6 is 0 Å². The van der Waals surface area contributed by atoms with Gasteiger partial charge in [-0.15, -0.1) is 0 Å². The van der Waals surface area contributed by atoms with Crippen LogP contribution in [0.5, 0.6) is 0 Å². The highest BCUT2D eigenvalue weighted by Gasteiger charge is 2.42. The first-order valence-electron chi connectivity index (χ1n) is 8.10. The maximum Gasteiger partial charge on any atom is 0.138 e. The second kappa shape index (κ2) is 6.44. The molecule has 1 aromatic rings. The first-order valence-corrected chi connectivity index (χ1v) is 8.10. The second-order valence-electron chi connectivity index (χ2n) is 7.12. The summed E-state index contributed by atoms with van der Waals surface area (Å²) in [4.78, 5) is 6.57. The van der Waals surface area contributed by atoms with E-state index < -0.39 is 6.10 Å². The maximum absolute atomic E-state index is 10.9. The number of aromatic nitrogens is 3. The highest BCUT2D eigenvalue weighted by Crippen LogP contribution is 2.38. The van der Waals surface area contributed by atoms with Crippen LogP contribution < -0.4 is 0 Å². The predicted molar refractivity (Wildman–Crippen MR) is 84.2 cm³/mol. The molecule has 0 bridgehead atoms. The van der Waals surface area contributed by atoms with E-state index in [9.17, 15) is 5.11 Å². The summed E-state index contributed by atoms with van der Waals surface area (Å²) < 4.78 is 1.91. The zero-order chi connectivity index (χ0) is 15.6. The molecule has 21 heavy (non-hydrogen) atoms. The Morgan fingerprint density at radius 3 is 2.52 bits per heavy atom. The third-order valence-electron chi connectivity index (χ3n) is 5.16. The molecule has 5 nitrogen and oxygen atoms in total. The van der Waals surface area contributed by atoms with Crippen LogP contribution in [0.3, 0.4) is 0 Å². The molecule has 1 N–H and O–H groups in total. The van der Waals surface area contributed by atoms with Gasteiger partial charge in [-0.1, -0.05) is 6.92 Å². The average molecular weight is 294 g/mol. The van der Waals surface area contributed by atoms with E-state index in [1.165, 1.54) is 12.8 Å². The van der Waals surface area contributed by atoms with Gasteiger partial charge in [-0.3, -0.25) is 0 Å². The molecule has 1 aliphatic carbocycles. The lowest BCUT2D eigenvalue weighted by Crippen LogP contribution is -2.56.